The van der Waals surface area contributed by atoms with E-state index < -0.39 is 0 Å². The number of pyridine rings is 2. The lowest BCUT2D eigenvalue weighted by Crippen LogP contribution is -2.13. The van der Waals surface area contributed by atoms with Crippen LogP contribution in [0.25, 0.3) is 55.2 Å². The average molecular weight is 478 g/mol. The summed E-state index contributed by atoms with van der Waals surface area (Å²) in [6, 6.07) is 14.2. The van der Waals surface area contributed by atoms with E-state index in [1.807, 2.05) is 30.3 Å². The topological polar surface area (TPSA) is 112 Å². The molecular formula is C26H19N7OS. The molecule has 8 nitrogen and oxygen atoms in total. The van der Waals surface area contributed by atoms with E-state index in [0.29, 0.717) is 22.9 Å². The molecule has 0 saturated heterocycles. The van der Waals surface area contributed by atoms with Gasteiger partial charge in [0.05, 0.1) is 28.3 Å². The molecule has 1 saturated carbocycles. The van der Waals surface area contributed by atoms with Crippen molar-refractivity contribution in [2.24, 2.45) is 5.92 Å². The fourth-order valence-corrected chi connectivity index (χ4v) is 5.03. The molecule has 3 N–H and O–H groups in total. The van der Waals surface area contributed by atoms with Crippen LogP contribution in [0.2, 0.25) is 0 Å². The maximum absolute atomic E-state index is 12.2. The second-order valence-corrected chi connectivity index (χ2v) is 9.63. The number of H-pyrrole nitrogens is 2. The summed E-state index contributed by atoms with van der Waals surface area (Å²) in [5.41, 5.74) is 6.76. The highest BCUT2D eigenvalue weighted by Crippen LogP contribution is 2.34. The van der Waals surface area contributed by atoms with Crippen molar-refractivity contribution in [2.75, 3.05) is 5.32 Å². The van der Waals surface area contributed by atoms with Gasteiger partial charge in [0.1, 0.15) is 5.69 Å². The molecule has 0 unspecified atom stereocenters. The number of fused-ring (bicyclic) bond motifs is 2. The van der Waals surface area contributed by atoms with Crippen LogP contribution in [0.5, 0.6) is 0 Å². The lowest BCUT2D eigenvalue weighted by atomic mass is 10.1. The highest BCUT2D eigenvalue weighted by molar-refractivity contribution is 7.13. The van der Waals surface area contributed by atoms with Crippen molar-refractivity contribution >= 4 is 45.0 Å². The van der Waals surface area contributed by atoms with E-state index in [1.54, 1.807) is 29.9 Å². The van der Waals surface area contributed by atoms with E-state index in [2.05, 4.69) is 48.0 Å². The number of para-hydroxylation sites is 1. The van der Waals surface area contributed by atoms with Crippen LogP contribution in [0.1, 0.15) is 12.8 Å². The first-order valence-corrected chi connectivity index (χ1v) is 12.2. The average Bonchev–Trinajstić information content (AvgIpc) is 3.26. The summed E-state index contributed by atoms with van der Waals surface area (Å²) >= 11 is 1.69. The minimum absolute atomic E-state index is 0.0569. The standard InChI is InChI=1S/C26H19N7OS/c34-26(14-6-7-14)29-17-9-15(11-27-13-17)16-10-19-23(32-33-24(19)28-12-16)25-30-20-4-1-3-18(22(20)31-25)21-5-2-8-35-21/h1-5,8-14H,6-7H2,(H,29,34)(H,30,31)(H,28,32,33). The third-order valence-corrected chi connectivity index (χ3v) is 7.13. The first-order chi connectivity index (χ1) is 17.2. The zero-order chi connectivity index (χ0) is 23.4. The van der Waals surface area contributed by atoms with Gasteiger partial charge in [0, 0.05) is 39.9 Å². The molecule has 1 aliphatic carbocycles. The van der Waals surface area contributed by atoms with Gasteiger partial charge in [-0.1, -0.05) is 18.2 Å². The minimum Gasteiger partial charge on any atom is -0.337 e. The predicted molar refractivity (Wildman–Crippen MR) is 137 cm³/mol. The van der Waals surface area contributed by atoms with Gasteiger partial charge in [-0.05, 0) is 42.5 Å². The molecule has 6 aromatic rings. The lowest BCUT2D eigenvalue weighted by Gasteiger charge is -2.06. The maximum Gasteiger partial charge on any atom is 0.227 e. The third-order valence-electron chi connectivity index (χ3n) is 6.23. The van der Waals surface area contributed by atoms with Gasteiger partial charge in [0.2, 0.25) is 5.91 Å². The van der Waals surface area contributed by atoms with Crippen LogP contribution >= 0.6 is 11.3 Å². The summed E-state index contributed by atoms with van der Waals surface area (Å²) in [6.45, 7) is 0. The Labute approximate surface area is 203 Å². The quantitative estimate of drug-likeness (QED) is 0.297. The van der Waals surface area contributed by atoms with Crippen molar-refractivity contribution < 1.29 is 4.79 Å². The number of benzene rings is 1. The van der Waals surface area contributed by atoms with Crippen molar-refractivity contribution in [3.05, 3.63) is 66.4 Å². The van der Waals surface area contributed by atoms with Gasteiger partial charge < -0.3 is 10.3 Å². The van der Waals surface area contributed by atoms with Gasteiger partial charge >= 0.3 is 0 Å². The van der Waals surface area contributed by atoms with Crippen LogP contribution in [0.4, 0.5) is 5.69 Å². The summed E-state index contributed by atoms with van der Waals surface area (Å²) < 4.78 is 0. The number of imidazole rings is 1. The highest BCUT2D eigenvalue weighted by Gasteiger charge is 2.29. The molecule has 170 valence electrons. The Morgan fingerprint density at radius 3 is 2.83 bits per heavy atom. The van der Waals surface area contributed by atoms with E-state index in [1.165, 1.54) is 4.88 Å². The Bertz CT molecular complexity index is 1710. The van der Waals surface area contributed by atoms with Crippen molar-refractivity contribution in [3.63, 3.8) is 0 Å². The number of nitrogens with one attached hydrogen (secondary N) is 3. The molecule has 1 aromatic carbocycles. The molecule has 0 aliphatic heterocycles. The molecule has 1 fully saturated rings. The van der Waals surface area contributed by atoms with E-state index in [-0.39, 0.29) is 11.8 Å². The fourth-order valence-electron chi connectivity index (χ4n) is 4.27. The summed E-state index contributed by atoms with van der Waals surface area (Å²) in [5, 5.41) is 13.4. The first kappa shape index (κ1) is 20.0. The Morgan fingerprint density at radius 2 is 1.97 bits per heavy atom. The number of thiophene rings is 1. The van der Waals surface area contributed by atoms with Gasteiger partial charge in [-0.3, -0.25) is 14.9 Å². The summed E-state index contributed by atoms with van der Waals surface area (Å²) in [4.78, 5) is 30.6. The van der Waals surface area contributed by atoms with Crippen molar-refractivity contribution in [1.29, 1.82) is 0 Å². The molecule has 0 radical (unpaired) electrons. The smallest absolute Gasteiger partial charge is 0.227 e. The second-order valence-electron chi connectivity index (χ2n) is 8.68. The fraction of sp³-hybridized carbons (Fsp3) is 0.115. The lowest BCUT2D eigenvalue weighted by molar-refractivity contribution is -0.117. The number of nitrogens with zero attached hydrogens (tertiary/aromatic N) is 4. The van der Waals surface area contributed by atoms with Crippen LogP contribution in [0.15, 0.2) is 66.4 Å². The summed E-state index contributed by atoms with van der Waals surface area (Å²) in [6.07, 6.45) is 7.13. The molecular weight excluding hydrogens is 458 g/mol. The molecule has 0 atom stereocenters. The number of carbonyl (C=O) groups is 1. The van der Waals surface area contributed by atoms with Crippen molar-refractivity contribution in [3.8, 4) is 33.1 Å². The number of amides is 1. The molecule has 35 heavy (non-hydrogen) atoms. The SMILES string of the molecule is O=C(Nc1cncc(-c2cnc3[nH]nc(-c4nc5c(-c6cccs6)cccc5[nH]4)c3c2)c1)C1CC1. The second kappa shape index (κ2) is 7.85. The Hall–Kier alpha value is -4.37. The molecule has 5 aromatic heterocycles. The number of aromatic nitrogens is 6. The van der Waals surface area contributed by atoms with Crippen molar-refractivity contribution in [2.45, 2.75) is 12.8 Å². The van der Waals surface area contributed by atoms with Crippen LogP contribution in [0.3, 0.4) is 0 Å². The van der Waals surface area contributed by atoms with Gasteiger partial charge in [-0.25, -0.2) is 9.97 Å². The van der Waals surface area contributed by atoms with E-state index >= 15 is 0 Å². The summed E-state index contributed by atoms with van der Waals surface area (Å²) in [5.74, 6) is 0.869. The number of hydrogen-bond donors (Lipinski definition) is 3. The third kappa shape index (κ3) is 3.57. The zero-order valence-electron chi connectivity index (χ0n) is 18.4. The Kier molecular flexibility index (Phi) is 4.49. The number of aromatic amines is 2. The molecule has 0 bridgehead atoms. The number of anilines is 1. The predicted octanol–water partition coefficient (Wildman–Crippen LogP) is 5.64. The monoisotopic (exact) mass is 477 g/mol. The Balaban J connectivity index is 1.29. The zero-order valence-corrected chi connectivity index (χ0v) is 19.3. The van der Waals surface area contributed by atoms with Gasteiger partial charge in [0.25, 0.3) is 0 Å². The normalized spacial score (nSPS) is 13.5. The highest BCUT2D eigenvalue weighted by atomic mass is 32.1. The number of rotatable bonds is 5. The van der Waals surface area contributed by atoms with Gasteiger partial charge in [0.15, 0.2) is 11.5 Å². The van der Waals surface area contributed by atoms with Crippen LogP contribution in [0, 0.1) is 5.92 Å². The van der Waals surface area contributed by atoms with E-state index in [9.17, 15) is 4.79 Å². The number of hydrogen-bond acceptors (Lipinski definition) is 6. The van der Waals surface area contributed by atoms with Crippen LogP contribution in [-0.2, 0) is 4.79 Å². The largest absolute Gasteiger partial charge is 0.337 e. The van der Waals surface area contributed by atoms with E-state index in [0.717, 1.165) is 46.0 Å². The minimum atomic E-state index is 0.0569. The molecule has 1 amide bonds. The van der Waals surface area contributed by atoms with Gasteiger partial charge in [-0.2, -0.15) is 5.10 Å². The van der Waals surface area contributed by atoms with Crippen LogP contribution in [-0.4, -0.2) is 36.0 Å². The molecule has 9 heteroatoms. The molecule has 0 spiro atoms. The van der Waals surface area contributed by atoms with E-state index in [4.69, 9.17) is 4.98 Å². The molecule has 7 rings (SSSR count). The van der Waals surface area contributed by atoms with Crippen molar-refractivity contribution in [1.82, 2.24) is 30.1 Å². The summed E-state index contributed by atoms with van der Waals surface area (Å²) in [7, 11) is 0. The Morgan fingerprint density at radius 1 is 1.06 bits per heavy atom. The number of carbonyl (C=O) groups excluding carboxylic acids is 1. The van der Waals surface area contributed by atoms with Crippen LogP contribution < -0.4 is 5.32 Å². The molecule has 1 aliphatic rings. The molecule has 5 heterocycles. The maximum atomic E-state index is 12.2. The van der Waals surface area contributed by atoms with Gasteiger partial charge in [-0.15, -0.1) is 11.3 Å². The first-order valence-electron chi connectivity index (χ1n) is 11.4.